The molecule has 0 saturated carbocycles. The number of amides is 1. The largest absolute Gasteiger partial charge is 0.346 e. The Morgan fingerprint density at radius 2 is 2.32 bits per heavy atom. The molecule has 1 amide bonds. The lowest BCUT2D eigenvalue weighted by Gasteiger charge is -2.24. The number of imidazole rings is 1. The van der Waals surface area contributed by atoms with Gasteiger partial charge in [-0.2, -0.15) is 0 Å². The molecule has 1 aliphatic rings. The molecule has 5 heteroatoms. The number of fused-ring (bicyclic) bond motifs is 1. The molecular weight excluding hydrogens is 240 g/mol. The number of carbonyl (C=O) groups is 1. The highest BCUT2D eigenvalue weighted by atomic mass is 16.2. The molecule has 0 aliphatic carbocycles. The van der Waals surface area contributed by atoms with Crippen LogP contribution in [0.5, 0.6) is 0 Å². The van der Waals surface area contributed by atoms with Crippen molar-refractivity contribution in [1.82, 2.24) is 19.4 Å². The van der Waals surface area contributed by atoms with E-state index in [1.54, 1.807) is 0 Å². The number of rotatable bonds is 2. The first kappa shape index (κ1) is 12.0. The molecule has 0 unspecified atom stereocenters. The van der Waals surface area contributed by atoms with Gasteiger partial charge in [0.1, 0.15) is 11.5 Å². The van der Waals surface area contributed by atoms with Gasteiger partial charge in [0.05, 0.1) is 0 Å². The van der Waals surface area contributed by atoms with E-state index < -0.39 is 0 Å². The first-order chi connectivity index (χ1) is 9.15. The maximum atomic E-state index is 12.2. The average molecular weight is 258 g/mol. The van der Waals surface area contributed by atoms with Gasteiger partial charge in [-0.15, -0.1) is 0 Å². The number of aromatic nitrogens is 3. The Hall–Kier alpha value is -2.04. The minimum Gasteiger partial charge on any atom is -0.346 e. The van der Waals surface area contributed by atoms with Crippen LogP contribution in [0.4, 0.5) is 0 Å². The fourth-order valence-electron chi connectivity index (χ4n) is 2.58. The predicted octanol–water partition coefficient (Wildman–Crippen LogP) is 1.27. The van der Waals surface area contributed by atoms with Crippen LogP contribution in [0, 0.1) is 6.92 Å². The van der Waals surface area contributed by atoms with E-state index in [-0.39, 0.29) is 11.9 Å². The Bertz CT molecular complexity index is 611. The summed E-state index contributed by atoms with van der Waals surface area (Å²) in [7, 11) is 1.92. The minimum atomic E-state index is 0.00386. The molecule has 1 aliphatic heterocycles. The van der Waals surface area contributed by atoms with E-state index in [4.69, 9.17) is 0 Å². The smallest absolute Gasteiger partial charge is 0.268 e. The molecule has 3 rings (SSSR count). The number of carbonyl (C=O) groups excluding carboxylic acids is 1. The lowest BCUT2D eigenvalue weighted by Crippen LogP contribution is -2.41. The van der Waals surface area contributed by atoms with Crippen LogP contribution >= 0.6 is 0 Å². The van der Waals surface area contributed by atoms with Crippen molar-refractivity contribution in [2.45, 2.75) is 32.4 Å². The second kappa shape index (κ2) is 4.57. The fraction of sp³-hybridized carbons (Fsp3) is 0.429. The highest BCUT2D eigenvalue weighted by molar-refractivity contribution is 5.93. The molecule has 3 heterocycles. The molecule has 1 atom stereocenters. The molecule has 5 nitrogen and oxygen atoms in total. The first-order valence-electron chi connectivity index (χ1n) is 6.58. The molecule has 0 bridgehead atoms. The Balaban J connectivity index is 1.70. The van der Waals surface area contributed by atoms with Gasteiger partial charge in [-0.05, 0) is 25.5 Å². The molecular formula is C14H18N4O. The molecule has 19 heavy (non-hydrogen) atoms. The van der Waals surface area contributed by atoms with Crippen LogP contribution in [0.2, 0.25) is 0 Å². The van der Waals surface area contributed by atoms with Crippen molar-refractivity contribution in [1.29, 1.82) is 0 Å². The van der Waals surface area contributed by atoms with E-state index in [0.717, 1.165) is 30.9 Å². The van der Waals surface area contributed by atoms with Crippen molar-refractivity contribution in [2.24, 2.45) is 7.05 Å². The molecule has 1 N–H and O–H groups in total. The standard InChI is InChI=1S/C14H18N4O/c1-10-3-5-12(17(10)2)14(19)16-11-4-6-13-15-7-8-18(13)9-11/h3,5,7-8,11H,4,6,9H2,1-2H3,(H,16,19)/t11-/m0/s1. The van der Waals surface area contributed by atoms with E-state index in [0.29, 0.717) is 5.69 Å². The van der Waals surface area contributed by atoms with Crippen molar-refractivity contribution in [3.05, 3.63) is 41.7 Å². The van der Waals surface area contributed by atoms with Crippen LogP contribution in [-0.4, -0.2) is 26.1 Å². The van der Waals surface area contributed by atoms with Gasteiger partial charge >= 0.3 is 0 Å². The fourth-order valence-corrected chi connectivity index (χ4v) is 2.58. The predicted molar refractivity (Wildman–Crippen MR) is 72.0 cm³/mol. The number of aryl methyl sites for hydroxylation is 2. The molecule has 0 saturated heterocycles. The van der Waals surface area contributed by atoms with Gasteiger partial charge in [-0.25, -0.2) is 4.98 Å². The maximum absolute atomic E-state index is 12.2. The Morgan fingerprint density at radius 3 is 3.05 bits per heavy atom. The van der Waals surface area contributed by atoms with Crippen LogP contribution in [0.25, 0.3) is 0 Å². The van der Waals surface area contributed by atoms with Crippen LogP contribution < -0.4 is 5.32 Å². The number of hydrogen-bond donors (Lipinski definition) is 1. The summed E-state index contributed by atoms with van der Waals surface area (Å²) in [6, 6.07) is 4.02. The highest BCUT2D eigenvalue weighted by Crippen LogP contribution is 2.14. The average Bonchev–Trinajstić information content (AvgIpc) is 2.97. The van der Waals surface area contributed by atoms with Crippen LogP contribution in [0.3, 0.4) is 0 Å². The summed E-state index contributed by atoms with van der Waals surface area (Å²) in [5.74, 6) is 1.12. The summed E-state index contributed by atoms with van der Waals surface area (Å²) < 4.78 is 4.03. The number of nitrogens with zero attached hydrogens (tertiary/aromatic N) is 3. The van der Waals surface area contributed by atoms with Crippen LogP contribution in [0.1, 0.15) is 28.4 Å². The van der Waals surface area contributed by atoms with E-state index >= 15 is 0 Å². The van der Waals surface area contributed by atoms with Crippen molar-refractivity contribution >= 4 is 5.91 Å². The zero-order valence-corrected chi connectivity index (χ0v) is 11.3. The normalized spacial score (nSPS) is 18.1. The van der Waals surface area contributed by atoms with E-state index in [9.17, 15) is 4.79 Å². The molecule has 100 valence electrons. The van der Waals surface area contributed by atoms with Crippen LogP contribution in [-0.2, 0) is 20.0 Å². The number of nitrogens with one attached hydrogen (secondary N) is 1. The Labute approximate surface area is 112 Å². The summed E-state index contributed by atoms with van der Waals surface area (Å²) in [4.78, 5) is 16.5. The third-order valence-corrected chi connectivity index (χ3v) is 3.88. The topological polar surface area (TPSA) is 51.9 Å². The summed E-state index contributed by atoms with van der Waals surface area (Å²) in [6.07, 6.45) is 5.66. The van der Waals surface area contributed by atoms with Crippen molar-refractivity contribution in [3.8, 4) is 0 Å². The van der Waals surface area contributed by atoms with Gasteiger partial charge in [-0.3, -0.25) is 4.79 Å². The van der Waals surface area contributed by atoms with Gasteiger partial charge in [0.15, 0.2) is 0 Å². The SMILES string of the molecule is Cc1ccc(C(=O)N[C@H]2CCc3nccn3C2)n1C. The zero-order valence-electron chi connectivity index (χ0n) is 11.3. The summed E-state index contributed by atoms with van der Waals surface area (Å²) in [5.41, 5.74) is 1.81. The summed E-state index contributed by atoms with van der Waals surface area (Å²) in [5, 5.41) is 3.11. The second-order valence-electron chi connectivity index (χ2n) is 5.12. The first-order valence-corrected chi connectivity index (χ1v) is 6.58. The van der Waals surface area contributed by atoms with Crippen molar-refractivity contribution in [2.75, 3.05) is 0 Å². The quantitative estimate of drug-likeness (QED) is 0.882. The zero-order chi connectivity index (χ0) is 13.4. The van der Waals surface area contributed by atoms with Gasteiger partial charge < -0.3 is 14.5 Å². The second-order valence-corrected chi connectivity index (χ2v) is 5.12. The van der Waals surface area contributed by atoms with Gasteiger partial charge in [0.25, 0.3) is 5.91 Å². The van der Waals surface area contributed by atoms with Gasteiger partial charge in [0, 0.05) is 44.1 Å². The Kier molecular flexibility index (Phi) is 2.89. The van der Waals surface area contributed by atoms with Crippen LogP contribution in [0.15, 0.2) is 24.5 Å². The monoisotopic (exact) mass is 258 g/mol. The molecule has 0 fully saturated rings. The van der Waals surface area contributed by atoms with E-state index in [1.165, 1.54) is 0 Å². The molecule has 0 radical (unpaired) electrons. The molecule has 0 spiro atoms. The third kappa shape index (κ3) is 2.16. The maximum Gasteiger partial charge on any atom is 0.268 e. The molecule has 2 aromatic rings. The minimum absolute atomic E-state index is 0.00386. The lowest BCUT2D eigenvalue weighted by molar-refractivity contribution is 0.0919. The van der Waals surface area contributed by atoms with Gasteiger partial charge in [0.2, 0.25) is 0 Å². The van der Waals surface area contributed by atoms with Crippen molar-refractivity contribution < 1.29 is 4.79 Å². The lowest BCUT2D eigenvalue weighted by atomic mass is 10.1. The summed E-state index contributed by atoms with van der Waals surface area (Å²) >= 11 is 0. The summed E-state index contributed by atoms with van der Waals surface area (Å²) in [6.45, 7) is 2.81. The highest BCUT2D eigenvalue weighted by Gasteiger charge is 2.21. The van der Waals surface area contributed by atoms with E-state index in [2.05, 4.69) is 14.9 Å². The Morgan fingerprint density at radius 1 is 1.47 bits per heavy atom. The number of hydrogen-bond acceptors (Lipinski definition) is 2. The van der Waals surface area contributed by atoms with Crippen molar-refractivity contribution in [3.63, 3.8) is 0 Å². The molecule has 0 aromatic carbocycles. The van der Waals surface area contributed by atoms with Gasteiger partial charge in [-0.1, -0.05) is 0 Å². The third-order valence-electron chi connectivity index (χ3n) is 3.88. The molecule has 2 aromatic heterocycles. The van der Waals surface area contributed by atoms with E-state index in [1.807, 2.05) is 43.1 Å².